The van der Waals surface area contributed by atoms with Crippen LogP contribution in [-0.4, -0.2) is 11.9 Å². The van der Waals surface area contributed by atoms with Crippen molar-refractivity contribution in [1.82, 2.24) is 5.32 Å². The number of hydrogen-bond acceptors (Lipinski definition) is 2. The second-order valence-corrected chi connectivity index (χ2v) is 3.67. The van der Waals surface area contributed by atoms with E-state index in [2.05, 4.69) is 11.2 Å². The summed E-state index contributed by atoms with van der Waals surface area (Å²) in [5.41, 5.74) is 0.922. The molecule has 1 N–H and O–H groups in total. The molecule has 0 saturated carbocycles. The Morgan fingerprint density at radius 3 is 2.94 bits per heavy atom. The van der Waals surface area contributed by atoms with E-state index in [1.165, 1.54) is 0 Å². The highest BCUT2D eigenvalue weighted by molar-refractivity contribution is 5.94. The lowest BCUT2D eigenvalue weighted by Gasteiger charge is -2.11. The lowest BCUT2D eigenvalue weighted by atomic mass is 10.1. The van der Waals surface area contributed by atoms with E-state index in [1.807, 2.05) is 13.0 Å². The summed E-state index contributed by atoms with van der Waals surface area (Å²) in [5.74, 6) is 2.30. The first-order valence-electron chi connectivity index (χ1n) is 5.48. The molecule has 0 aliphatic heterocycles. The van der Waals surface area contributed by atoms with Crippen molar-refractivity contribution >= 4 is 5.91 Å². The number of amides is 1. The van der Waals surface area contributed by atoms with Crippen LogP contribution in [0.2, 0.25) is 0 Å². The molecule has 0 spiro atoms. The smallest absolute Gasteiger partial charge is 0.252 e. The Balaban J connectivity index is 2.76. The summed E-state index contributed by atoms with van der Waals surface area (Å²) < 4.78 is 0. The van der Waals surface area contributed by atoms with Gasteiger partial charge in [0, 0.05) is 5.56 Å². The monoisotopic (exact) mass is 226 g/mol. The molecule has 0 saturated heterocycles. The average molecular weight is 226 g/mol. The van der Waals surface area contributed by atoms with Gasteiger partial charge in [0.15, 0.2) is 0 Å². The summed E-state index contributed by atoms with van der Waals surface area (Å²) in [5, 5.41) is 11.5. The minimum absolute atomic E-state index is 0.237. The van der Waals surface area contributed by atoms with Crippen LogP contribution < -0.4 is 5.32 Å². The van der Waals surface area contributed by atoms with Crippen LogP contribution in [0.3, 0.4) is 0 Å². The fourth-order valence-corrected chi connectivity index (χ4v) is 1.46. The van der Waals surface area contributed by atoms with Gasteiger partial charge in [-0.25, -0.2) is 0 Å². The Bertz CT molecular complexity index is 480. The van der Waals surface area contributed by atoms with E-state index in [4.69, 9.17) is 11.7 Å². The van der Waals surface area contributed by atoms with Gasteiger partial charge in [0.2, 0.25) is 0 Å². The number of nitriles is 1. The Kier molecular flexibility index (Phi) is 4.78. The van der Waals surface area contributed by atoms with Gasteiger partial charge in [0.25, 0.3) is 5.91 Å². The lowest BCUT2D eigenvalue weighted by Crippen LogP contribution is -2.33. The highest BCUT2D eigenvalue weighted by Crippen LogP contribution is 2.05. The number of hydrogen-bond donors (Lipinski definition) is 1. The lowest BCUT2D eigenvalue weighted by molar-refractivity contribution is 0.0944. The molecule has 3 heteroatoms. The zero-order valence-electron chi connectivity index (χ0n) is 9.73. The molecular weight excluding hydrogens is 212 g/mol. The van der Waals surface area contributed by atoms with Gasteiger partial charge in [-0.15, -0.1) is 6.42 Å². The number of nitrogens with zero attached hydrogens (tertiary/aromatic N) is 1. The summed E-state index contributed by atoms with van der Waals surface area (Å²) in [6, 6.07) is 8.29. The fraction of sp³-hybridized carbons (Fsp3) is 0.286. The molecule has 1 aromatic rings. The van der Waals surface area contributed by atoms with Gasteiger partial charge in [-0.05, 0) is 24.6 Å². The second kappa shape index (κ2) is 6.35. The standard InChI is InChI=1S/C14H14N2O/c1-3-6-13(4-2)16-14(17)12-8-5-7-11(9-12)10-15/h2,5,7-9,13H,3,6H2,1H3,(H,16,17). The van der Waals surface area contributed by atoms with Crippen LogP contribution in [-0.2, 0) is 0 Å². The Morgan fingerprint density at radius 1 is 1.59 bits per heavy atom. The van der Waals surface area contributed by atoms with Crippen molar-refractivity contribution in [2.24, 2.45) is 0 Å². The van der Waals surface area contributed by atoms with E-state index >= 15 is 0 Å². The largest absolute Gasteiger partial charge is 0.338 e. The van der Waals surface area contributed by atoms with Crippen molar-refractivity contribution in [1.29, 1.82) is 5.26 Å². The number of benzene rings is 1. The quantitative estimate of drug-likeness (QED) is 0.799. The molecule has 0 aliphatic carbocycles. The van der Waals surface area contributed by atoms with Crippen molar-refractivity contribution in [3.63, 3.8) is 0 Å². The second-order valence-electron chi connectivity index (χ2n) is 3.67. The predicted molar refractivity (Wildman–Crippen MR) is 66.2 cm³/mol. The number of carbonyl (C=O) groups excluding carboxylic acids is 1. The summed E-state index contributed by atoms with van der Waals surface area (Å²) in [6.07, 6.45) is 6.98. The van der Waals surface area contributed by atoms with Crippen molar-refractivity contribution in [2.75, 3.05) is 0 Å². The molecule has 1 unspecified atom stereocenters. The Labute approximate surface area is 101 Å². The zero-order valence-corrected chi connectivity index (χ0v) is 9.73. The van der Waals surface area contributed by atoms with E-state index in [0.717, 1.165) is 12.8 Å². The maximum Gasteiger partial charge on any atom is 0.252 e. The summed E-state index contributed by atoms with van der Waals surface area (Å²) in [4.78, 5) is 11.8. The molecular formula is C14H14N2O. The summed E-state index contributed by atoms with van der Waals surface area (Å²) in [7, 11) is 0. The molecule has 1 aromatic carbocycles. The van der Waals surface area contributed by atoms with Gasteiger partial charge in [-0.1, -0.05) is 25.3 Å². The number of rotatable bonds is 4. The van der Waals surface area contributed by atoms with E-state index in [-0.39, 0.29) is 11.9 Å². The third kappa shape index (κ3) is 3.66. The topological polar surface area (TPSA) is 52.9 Å². The van der Waals surface area contributed by atoms with Gasteiger partial charge >= 0.3 is 0 Å². The molecule has 0 aliphatic rings. The van der Waals surface area contributed by atoms with E-state index in [0.29, 0.717) is 11.1 Å². The van der Waals surface area contributed by atoms with Crippen molar-refractivity contribution < 1.29 is 4.79 Å². The van der Waals surface area contributed by atoms with Crippen LogP contribution in [0.1, 0.15) is 35.7 Å². The summed E-state index contributed by atoms with van der Waals surface area (Å²) in [6.45, 7) is 2.01. The molecule has 0 heterocycles. The highest BCUT2D eigenvalue weighted by atomic mass is 16.1. The first-order chi connectivity index (χ1) is 8.21. The van der Waals surface area contributed by atoms with Crippen molar-refractivity contribution in [3.8, 4) is 18.4 Å². The van der Waals surface area contributed by atoms with Crippen molar-refractivity contribution in [3.05, 3.63) is 35.4 Å². The minimum Gasteiger partial charge on any atom is -0.338 e. The van der Waals surface area contributed by atoms with Gasteiger partial charge in [0.05, 0.1) is 17.7 Å². The van der Waals surface area contributed by atoms with Crippen molar-refractivity contribution in [2.45, 2.75) is 25.8 Å². The average Bonchev–Trinajstić information content (AvgIpc) is 2.38. The summed E-state index contributed by atoms with van der Waals surface area (Å²) >= 11 is 0. The number of carbonyl (C=O) groups is 1. The van der Waals surface area contributed by atoms with Crippen LogP contribution in [0.5, 0.6) is 0 Å². The van der Waals surface area contributed by atoms with Gasteiger partial charge in [0.1, 0.15) is 0 Å². The van der Waals surface area contributed by atoms with Gasteiger partial charge < -0.3 is 5.32 Å². The predicted octanol–water partition coefficient (Wildman–Crippen LogP) is 2.09. The van der Waals surface area contributed by atoms with Crippen LogP contribution >= 0.6 is 0 Å². The highest BCUT2D eigenvalue weighted by Gasteiger charge is 2.10. The molecule has 1 amide bonds. The maximum atomic E-state index is 11.8. The van der Waals surface area contributed by atoms with E-state index in [9.17, 15) is 4.79 Å². The Morgan fingerprint density at radius 2 is 2.35 bits per heavy atom. The molecule has 1 rings (SSSR count). The van der Waals surface area contributed by atoms with Crippen LogP contribution in [0.15, 0.2) is 24.3 Å². The molecule has 1 atom stereocenters. The molecule has 3 nitrogen and oxygen atoms in total. The third-order valence-corrected chi connectivity index (χ3v) is 2.34. The molecule has 17 heavy (non-hydrogen) atoms. The SMILES string of the molecule is C#CC(CCC)NC(=O)c1cccc(C#N)c1. The van der Waals surface area contributed by atoms with E-state index in [1.54, 1.807) is 24.3 Å². The van der Waals surface area contributed by atoms with Gasteiger partial charge in [-0.2, -0.15) is 5.26 Å². The zero-order chi connectivity index (χ0) is 12.7. The first-order valence-corrected chi connectivity index (χ1v) is 5.48. The van der Waals surface area contributed by atoms with Gasteiger partial charge in [-0.3, -0.25) is 4.79 Å². The molecule has 0 aromatic heterocycles. The minimum atomic E-state index is -0.252. The molecule has 0 fully saturated rings. The first kappa shape index (κ1) is 12.8. The Hall–Kier alpha value is -2.26. The normalized spacial score (nSPS) is 11.0. The molecule has 0 bridgehead atoms. The maximum absolute atomic E-state index is 11.8. The van der Waals surface area contributed by atoms with Crippen LogP contribution in [0.4, 0.5) is 0 Å². The third-order valence-electron chi connectivity index (χ3n) is 2.34. The van der Waals surface area contributed by atoms with Crippen LogP contribution in [0, 0.1) is 23.7 Å². The number of terminal acetylenes is 1. The van der Waals surface area contributed by atoms with E-state index < -0.39 is 0 Å². The van der Waals surface area contributed by atoms with Crippen LogP contribution in [0.25, 0.3) is 0 Å². The molecule has 86 valence electrons. The fourth-order valence-electron chi connectivity index (χ4n) is 1.46. The number of nitrogens with one attached hydrogen (secondary N) is 1. The molecule has 0 radical (unpaired) electrons.